The van der Waals surface area contributed by atoms with Crippen LogP contribution in [0.1, 0.15) is 42.7 Å². The molecule has 0 atom stereocenters. The summed E-state index contributed by atoms with van der Waals surface area (Å²) in [5.41, 5.74) is 1.18. The number of nitrogens with one attached hydrogen (secondary N) is 1. The molecule has 1 aromatic carbocycles. The summed E-state index contributed by atoms with van der Waals surface area (Å²) in [4.78, 5) is 22.4. The van der Waals surface area contributed by atoms with Gasteiger partial charge in [-0.25, -0.2) is 14.8 Å². The maximum atomic E-state index is 14.5. The van der Waals surface area contributed by atoms with Gasteiger partial charge in [-0.1, -0.05) is 0 Å². The molecule has 1 N–H and O–H groups in total. The van der Waals surface area contributed by atoms with Crippen molar-refractivity contribution in [3.05, 3.63) is 41.5 Å². The second-order valence-corrected chi connectivity index (χ2v) is 7.22. The Hall–Kier alpha value is -2.94. The topological polar surface area (TPSA) is 85.8 Å². The minimum Gasteiger partial charge on any atom is -0.491 e. The van der Waals surface area contributed by atoms with Crippen LogP contribution in [-0.4, -0.2) is 60.3 Å². The van der Waals surface area contributed by atoms with Crippen LogP contribution in [0, 0.1) is 5.82 Å². The van der Waals surface area contributed by atoms with Crippen molar-refractivity contribution in [3.8, 4) is 11.5 Å². The minimum atomic E-state index is -0.489. The highest BCUT2D eigenvalue weighted by molar-refractivity contribution is 5.87. The Labute approximate surface area is 181 Å². The highest BCUT2D eigenvalue weighted by atomic mass is 19.1. The van der Waals surface area contributed by atoms with Gasteiger partial charge in [-0.15, -0.1) is 0 Å². The summed E-state index contributed by atoms with van der Waals surface area (Å²) in [5.74, 6) is -0.0742. The van der Waals surface area contributed by atoms with Gasteiger partial charge < -0.3 is 19.5 Å². The molecule has 0 saturated carbocycles. The molecular formula is C22H29FN4O4. The lowest BCUT2D eigenvalue weighted by molar-refractivity contribution is 0.0594. The second kappa shape index (κ2) is 10.9. The van der Waals surface area contributed by atoms with E-state index in [4.69, 9.17) is 14.2 Å². The smallest absolute Gasteiger partial charge is 0.356 e. The molecule has 0 radical (unpaired) electrons. The van der Waals surface area contributed by atoms with E-state index >= 15 is 0 Å². The van der Waals surface area contributed by atoms with Crippen molar-refractivity contribution < 1.29 is 23.4 Å². The van der Waals surface area contributed by atoms with E-state index in [1.165, 1.54) is 19.4 Å². The number of piperidine rings is 1. The van der Waals surface area contributed by atoms with Gasteiger partial charge in [0.2, 0.25) is 11.8 Å². The summed E-state index contributed by atoms with van der Waals surface area (Å²) in [5, 5.41) is 3.30. The molecule has 0 bridgehead atoms. The van der Waals surface area contributed by atoms with Crippen molar-refractivity contribution in [2.45, 2.75) is 39.3 Å². The lowest BCUT2D eigenvalue weighted by Gasteiger charge is -2.32. The first-order valence-corrected chi connectivity index (χ1v) is 10.5. The third-order valence-corrected chi connectivity index (χ3v) is 5.04. The summed E-state index contributed by atoms with van der Waals surface area (Å²) in [6.45, 7) is 6.84. The van der Waals surface area contributed by atoms with Gasteiger partial charge in [0.1, 0.15) is 0 Å². The molecule has 168 valence electrons. The molecule has 8 nitrogen and oxygen atoms in total. The molecule has 1 saturated heterocycles. The standard InChI is InChI=1S/C22H29FN4O4/c1-4-30-18-12-15(13-19(20(18)23)31-5-2)14-27-10-7-16(8-11-27)25-22-24-9-6-17(26-22)21(28)29-3/h6,9,12-13,16H,4-5,7-8,10-11,14H2,1-3H3,(H,24,25,26). The zero-order valence-electron chi connectivity index (χ0n) is 18.2. The lowest BCUT2D eigenvalue weighted by Crippen LogP contribution is -2.39. The number of rotatable bonds is 9. The monoisotopic (exact) mass is 432 g/mol. The molecule has 9 heteroatoms. The molecule has 0 aliphatic carbocycles. The van der Waals surface area contributed by atoms with E-state index in [0.29, 0.717) is 25.7 Å². The quantitative estimate of drug-likeness (QED) is 0.605. The molecule has 2 aromatic rings. The SMILES string of the molecule is CCOc1cc(CN2CCC(Nc3nccc(C(=O)OC)n3)CC2)cc(OCC)c1F. The predicted molar refractivity (Wildman–Crippen MR) is 114 cm³/mol. The van der Waals surface area contributed by atoms with E-state index < -0.39 is 11.8 Å². The number of ether oxygens (including phenoxy) is 3. The number of benzene rings is 1. The first-order valence-electron chi connectivity index (χ1n) is 10.5. The van der Waals surface area contributed by atoms with Gasteiger partial charge in [-0.05, 0) is 50.5 Å². The van der Waals surface area contributed by atoms with Crippen molar-refractivity contribution in [2.24, 2.45) is 0 Å². The van der Waals surface area contributed by atoms with Crippen LogP contribution in [-0.2, 0) is 11.3 Å². The van der Waals surface area contributed by atoms with Gasteiger partial charge >= 0.3 is 5.97 Å². The Morgan fingerprint density at radius 1 is 1.19 bits per heavy atom. The molecule has 2 heterocycles. The fourth-order valence-electron chi connectivity index (χ4n) is 3.56. The lowest BCUT2D eigenvalue weighted by atomic mass is 10.0. The van der Waals surface area contributed by atoms with Crippen LogP contribution in [0.5, 0.6) is 11.5 Å². The fraction of sp³-hybridized carbons (Fsp3) is 0.500. The predicted octanol–water partition coefficient (Wildman–Crippen LogP) is 3.28. The number of aromatic nitrogens is 2. The third-order valence-electron chi connectivity index (χ3n) is 5.04. The van der Waals surface area contributed by atoms with Gasteiger partial charge in [0, 0.05) is 31.9 Å². The summed E-state index contributed by atoms with van der Waals surface area (Å²) >= 11 is 0. The maximum absolute atomic E-state index is 14.5. The van der Waals surface area contributed by atoms with Crippen molar-refractivity contribution in [3.63, 3.8) is 0 Å². The number of anilines is 1. The molecule has 1 aliphatic heterocycles. The van der Waals surface area contributed by atoms with Gasteiger partial charge in [-0.3, -0.25) is 4.90 Å². The number of carbonyl (C=O) groups is 1. The van der Waals surface area contributed by atoms with E-state index in [0.717, 1.165) is 31.5 Å². The molecule has 0 unspecified atom stereocenters. The fourth-order valence-corrected chi connectivity index (χ4v) is 3.56. The van der Waals surface area contributed by atoms with Gasteiger partial charge in [0.05, 0.1) is 20.3 Å². The van der Waals surface area contributed by atoms with Crippen LogP contribution in [0.3, 0.4) is 0 Å². The van der Waals surface area contributed by atoms with Crippen LogP contribution >= 0.6 is 0 Å². The molecule has 0 amide bonds. The number of hydrogen-bond donors (Lipinski definition) is 1. The molecule has 1 aliphatic rings. The average Bonchev–Trinajstić information content (AvgIpc) is 2.78. The zero-order valence-corrected chi connectivity index (χ0v) is 18.2. The normalized spacial score (nSPS) is 14.8. The van der Waals surface area contributed by atoms with Crippen LogP contribution in [0.4, 0.5) is 10.3 Å². The largest absolute Gasteiger partial charge is 0.491 e. The van der Waals surface area contributed by atoms with Crippen LogP contribution in [0.15, 0.2) is 24.4 Å². The number of likely N-dealkylation sites (tertiary alicyclic amines) is 1. The Morgan fingerprint density at radius 2 is 1.84 bits per heavy atom. The van der Waals surface area contributed by atoms with Crippen molar-refractivity contribution in [2.75, 3.05) is 38.7 Å². The molecule has 3 rings (SSSR count). The highest BCUT2D eigenvalue weighted by Gasteiger charge is 2.22. The summed E-state index contributed by atoms with van der Waals surface area (Å²) in [6, 6.07) is 5.22. The minimum absolute atomic E-state index is 0.204. The number of halogens is 1. The molecule has 31 heavy (non-hydrogen) atoms. The van der Waals surface area contributed by atoms with Crippen molar-refractivity contribution >= 4 is 11.9 Å². The van der Waals surface area contributed by atoms with E-state index in [9.17, 15) is 9.18 Å². The number of nitrogens with zero attached hydrogens (tertiary/aromatic N) is 3. The Bertz CT molecular complexity index is 861. The first-order chi connectivity index (χ1) is 15.0. The first kappa shape index (κ1) is 22.7. The third kappa shape index (κ3) is 6.04. The van der Waals surface area contributed by atoms with E-state index in [1.54, 1.807) is 12.1 Å². The molecule has 1 fully saturated rings. The maximum Gasteiger partial charge on any atom is 0.356 e. The molecule has 1 aromatic heterocycles. The zero-order chi connectivity index (χ0) is 22.2. The molecule has 0 spiro atoms. The van der Waals surface area contributed by atoms with Crippen LogP contribution in [0.25, 0.3) is 0 Å². The number of esters is 1. The van der Waals surface area contributed by atoms with Gasteiger partial charge in [-0.2, -0.15) is 4.39 Å². The van der Waals surface area contributed by atoms with E-state index in [2.05, 4.69) is 20.2 Å². The number of carbonyl (C=O) groups excluding carboxylic acids is 1. The Kier molecular flexibility index (Phi) is 8.00. The summed E-state index contributed by atoms with van der Waals surface area (Å²) in [7, 11) is 1.32. The van der Waals surface area contributed by atoms with Crippen molar-refractivity contribution in [1.82, 2.24) is 14.9 Å². The molecular weight excluding hydrogens is 403 g/mol. The van der Waals surface area contributed by atoms with Gasteiger partial charge in [0.15, 0.2) is 17.2 Å². The Balaban J connectivity index is 1.58. The Morgan fingerprint density at radius 3 is 2.42 bits per heavy atom. The van der Waals surface area contributed by atoms with Crippen LogP contribution in [0.2, 0.25) is 0 Å². The van der Waals surface area contributed by atoms with E-state index in [1.807, 2.05) is 13.8 Å². The highest BCUT2D eigenvalue weighted by Crippen LogP contribution is 2.30. The number of methoxy groups -OCH3 is 1. The van der Waals surface area contributed by atoms with Crippen LogP contribution < -0.4 is 14.8 Å². The van der Waals surface area contributed by atoms with Gasteiger partial charge in [0.25, 0.3) is 0 Å². The summed E-state index contributed by atoms with van der Waals surface area (Å²) in [6.07, 6.45) is 3.32. The summed E-state index contributed by atoms with van der Waals surface area (Å²) < 4.78 is 30.0. The van der Waals surface area contributed by atoms with Crippen molar-refractivity contribution in [1.29, 1.82) is 0 Å². The van der Waals surface area contributed by atoms with E-state index in [-0.39, 0.29) is 23.2 Å². The average molecular weight is 432 g/mol. The number of hydrogen-bond acceptors (Lipinski definition) is 8. The second-order valence-electron chi connectivity index (χ2n) is 7.22.